The number of rotatable bonds is 4. The van der Waals surface area contributed by atoms with Gasteiger partial charge in [-0.25, -0.2) is 9.78 Å². The lowest BCUT2D eigenvalue weighted by atomic mass is 9.91. The van der Waals surface area contributed by atoms with Gasteiger partial charge in [-0.15, -0.1) is 0 Å². The molecule has 0 saturated heterocycles. The van der Waals surface area contributed by atoms with Gasteiger partial charge in [-0.3, -0.25) is 4.79 Å². The van der Waals surface area contributed by atoms with Gasteiger partial charge in [-0.2, -0.15) is 0 Å². The fourth-order valence-electron chi connectivity index (χ4n) is 1.86. The molecule has 5 nitrogen and oxygen atoms in total. The lowest BCUT2D eigenvalue weighted by molar-refractivity contribution is -0.144. The van der Waals surface area contributed by atoms with Crippen molar-refractivity contribution in [3.05, 3.63) is 64.4 Å². The number of amides is 1. The van der Waals surface area contributed by atoms with Crippen LogP contribution < -0.4 is 5.32 Å². The van der Waals surface area contributed by atoms with Crippen molar-refractivity contribution >= 4 is 27.8 Å². The summed E-state index contributed by atoms with van der Waals surface area (Å²) in [5, 5.41) is 12.1. The fourth-order valence-corrected chi connectivity index (χ4v) is 2.23. The molecule has 1 heterocycles. The Balaban J connectivity index is 2.33. The van der Waals surface area contributed by atoms with Crippen molar-refractivity contribution in [1.29, 1.82) is 0 Å². The Bertz CT molecular complexity index is 676. The molecule has 0 bridgehead atoms. The van der Waals surface area contributed by atoms with E-state index in [1.54, 1.807) is 30.3 Å². The SMILES string of the molecule is CC(NC(=O)c1ccnc(Br)c1)(C(=O)O)c1ccccc1. The number of halogens is 1. The van der Waals surface area contributed by atoms with Gasteiger partial charge in [0.1, 0.15) is 4.60 Å². The van der Waals surface area contributed by atoms with Gasteiger partial charge >= 0.3 is 5.97 Å². The number of nitrogens with zero attached hydrogens (tertiary/aromatic N) is 1. The molecule has 2 rings (SSSR count). The summed E-state index contributed by atoms with van der Waals surface area (Å²) in [5.41, 5.74) is -0.673. The Morgan fingerprint density at radius 2 is 1.90 bits per heavy atom. The number of aliphatic carboxylic acids is 1. The Morgan fingerprint density at radius 3 is 2.48 bits per heavy atom. The van der Waals surface area contributed by atoms with Crippen molar-refractivity contribution in [2.75, 3.05) is 0 Å². The molecular weight excluding hydrogens is 336 g/mol. The average Bonchev–Trinajstić information content (AvgIpc) is 2.47. The normalized spacial score (nSPS) is 13.2. The van der Waals surface area contributed by atoms with Crippen LogP contribution in [0.15, 0.2) is 53.3 Å². The molecule has 1 unspecified atom stereocenters. The largest absolute Gasteiger partial charge is 0.479 e. The molecule has 108 valence electrons. The summed E-state index contributed by atoms with van der Waals surface area (Å²) in [4.78, 5) is 27.8. The first-order chi connectivity index (χ1) is 9.93. The number of carboxylic acids is 1. The predicted octanol–water partition coefficient (Wildman–Crippen LogP) is 2.57. The number of carbonyl (C=O) groups is 2. The number of nitrogens with one attached hydrogen (secondary N) is 1. The van der Waals surface area contributed by atoms with Crippen LogP contribution in [0.5, 0.6) is 0 Å². The number of aromatic nitrogens is 1. The van der Waals surface area contributed by atoms with E-state index in [9.17, 15) is 14.7 Å². The zero-order valence-electron chi connectivity index (χ0n) is 11.2. The van der Waals surface area contributed by atoms with E-state index < -0.39 is 17.4 Å². The van der Waals surface area contributed by atoms with Gasteiger partial charge in [0.2, 0.25) is 0 Å². The number of benzene rings is 1. The van der Waals surface area contributed by atoms with Crippen LogP contribution in [0.4, 0.5) is 0 Å². The molecule has 2 N–H and O–H groups in total. The smallest absolute Gasteiger partial charge is 0.333 e. The van der Waals surface area contributed by atoms with Crippen molar-refractivity contribution in [3.63, 3.8) is 0 Å². The number of carbonyl (C=O) groups excluding carboxylic acids is 1. The molecule has 0 aliphatic rings. The minimum atomic E-state index is -1.51. The minimum Gasteiger partial charge on any atom is -0.479 e. The maximum absolute atomic E-state index is 12.3. The lowest BCUT2D eigenvalue weighted by Gasteiger charge is -2.26. The monoisotopic (exact) mass is 348 g/mol. The maximum Gasteiger partial charge on any atom is 0.333 e. The van der Waals surface area contributed by atoms with Crippen LogP contribution in [0.3, 0.4) is 0 Å². The van der Waals surface area contributed by atoms with Gasteiger partial charge in [0, 0.05) is 11.8 Å². The van der Waals surface area contributed by atoms with Crippen LogP contribution in [0, 0.1) is 0 Å². The van der Waals surface area contributed by atoms with Crippen molar-refractivity contribution in [2.45, 2.75) is 12.5 Å². The molecular formula is C15H13BrN2O3. The topological polar surface area (TPSA) is 79.3 Å². The molecule has 21 heavy (non-hydrogen) atoms. The van der Waals surface area contributed by atoms with E-state index in [2.05, 4.69) is 26.2 Å². The van der Waals surface area contributed by atoms with Gasteiger partial charge < -0.3 is 10.4 Å². The Kier molecular flexibility index (Phi) is 4.37. The second kappa shape index (κ2) is 6.05. The summed E-state index contributed by atoms with van der Waals surface area (Å²) >= 11 is 3.18. The standard InChI is InChI=1S/C15H13BrN2O3/c1-15(14(20)21,11-5-3-2-4-6-11)18-13(19)10-7-8-17-12(16)9-10/h2-9H,1H3,(H,18,19)(H,20,21). The van der Waals surface area contributed by atoms with E-state index in [0.29, 0.717) is 15.7 Å². The first-order valence-corrected chi connectivity index (χ1v) is 6.96. The number of carboxylic acid groups (broad SMARTS) is 1. The summed E-state index contributed by atoms with van der Waals surface area (Å²) in [6.45, 7) is 1.46. The van der Waals surface area contributed by atoms with Crippen LogP contribution >= 0.6 is 15.9 Å². The Labute approximate surface area is 130 Å². The highest BCUT2D eigenvalue weighted by Gasteiger charge is 2.37. The predicted molar refractivity (Wildman–Crippen MR) is 80.8 cm³/mol. The quantitative estimate of drug-likeness (QED) is 0.832. The number of hydrogen-bond donors (Lipinski definition) is 2. The third-order valence-electron chi connectivity index (χ3n) is 3.13. The third kappa shape index (κ3) is 3.28. The highest BCUT2D eigenvalue weighted by atomic mass is 79.9. The van der Waals surface area contributed by atoms with E-state index in [0.717, 1.165) is 0 Å². The second-order valence-electron chi connectivity index (χ2n) is 4.62. The second-order valence-corrected chi connectivity index (χ2v) is 5.43. The summed E-state index contributed by atoms with van der Waals surface area (Å²) in [6, 6.07) is 11.6. The highest BCUT2D eigenvalue weighted by Crippen LogP contribution is 2.22. The van der Waals surface area contributed by atoms with E-state index in [-0.39, 0.29) is 0 Å². The molecule has 0 aliphatic carbocycles. The summed E-state index contributed by atoms with van der Waals surface area (Å²) in [5.74, 6) is -1.61. The van der Waals surface area contributed by atoms with Gasteiger partial charge in [-0.1, -0.05) is 30.3 Å². The number of pyridine rings is 1. The van der Waals surface area contributed by atoms with Gasteiger partial charge in [-0.05, 0) is 40.5 Å². The molecule has 1 aromatic heterocycles. The van der Waals surface area contributed by atoms with E-state index in [4.69, 9.17) is 0 Å². The molecule has 0 radical (unpaired) electrons. The highest BCUT2D eigenvalue weighted by molar-refractivity contribution is 9.10. The van der Waals surface area contributed by atoms with Gasteiger partial charge in [0.25, 0.3) is 5.91 Å². The average molecular weight is 349 g/mol. The molecule has 1 amide bonds. The van der Waals surface area contributed by atoms with Crippen LogP contribution in [-0.4, -0.2) is 22.0 Å². The van der Waals surface area contributed by atoms with E-state index in [1.165, 1.54) is 25.3 Å². The molecule has 0 saturated carbocycles. The lowest BCUT2D eigenvalue weighted by Crippen LogP contribution is -2.49. The zero-order valence-corrected chi connectivity index (χ0v) is 12.8. The first kappa shape index (κ1) is 15.2. The summed E-state index contributed by atoms with van der Waals surface area (Å²) in [7, 11) is 0. The molecule has 1 aromatic carbocycles. The van der Waals surface area contributed by atoms with Crippen molar-refractivity contribution < 1.29 is 14.7 Å². The molecule has 1 atom stereocenters. The molecule has 0 spiro atoms. The first-order valence-electron chi connectivity index (χ1n) is 6.16. The maximum atomic E-state index is 12.3. The van der Waals surface area contributed by atoms with Crippen molar-refractivity contribution in [2.24, 2.45) is 0 Å². The van der Waals surface area contributed by atoms with E-state index in [1.807, 2.05) is 0 Å². The van der Waals surface area contributed by atoms with Crippen molar-refractivity contribution in [3.8, 4) is 0 Å². The van der Waals surface area contributed by atoms with Crippen LogP contribution in [0.25, 0.3) is 0 Å². The van der Waals surface area contributed by atoms with Crippen LogP contribution in [0.1, 0.15) is 22.8 Å². The number of hydrogen-bond acceptors (Lipinski definition) is 3. The minimum absolute atomic E-state index is 0.334. The van der Waals surface area contributed by atoms with Crippen molar-refractivity contribution in [1.82, 2.24) is 10.3 Å². The molecule has 0 fully saturated rings. The Morgan fingerprint density at radius 1 is 1.24 bits per heavy atom. The van der Waals surface area contributed by atoms with Gasteiger partial charge in [0.05, 0.1) is 0 Å². The third-order valence-corrected chi connectivity index (χ3v) is 3.56. The molecule has 6 heteroatoms. The van der Waals surface area contributed by atoms with Gasteiger partial charge in [0.15, 0.2) is 5.54 Å². The zero-order chi connectivity index (χ0) is 15.5. The fraction of sp³-hybridized carbons (Fsp3) is 0.133. The van der Waals surface area contributed by atoms with Crippen LogP contribution in [0.2, 0.25) is 0 Å². The van der Waals surface area contributed by atoms with E-state index >= 15 is 0 Å². The molecule has 0 aliphatic heterocycles. The summed E-state index contributed by atoms with van der Waals surface area (Å²) < 4.78 is 0.506. The molecule has 2 aromatic rings. The summed E-state index contributed by atoms with van der Waals surface area (Å²) in [6.07, 6.45) is 1.47. The van der Waals surface area contributed by atoms with Crippen LogP contribution in [-0.2, 0) is 10.3 Å². The Hall–Kier alpha value is -2.21.